The van der Waals surface area contributed by atoms with Gasteiger partial charge in [0.25, 0.3) is 5.91 Å². The second-order valence-electron chi connectivity index (χ2n) is 6.45. The molecule has 2 aromatic carbocycles. The zero-order valence-corrected chi connectivity index (χ0v) is 17.1. The molecule has 29 heavy (non-hydrogen) atoms. The van der Waals surface area contributed by atoms with Crippen molar-refractivity contribution in [1.29, 1.82) is 0 Å². The molecule has 1 N–H and O–H groups in total. The molecule has 0 spiro atoms. The number of aryl methyl sites for hydroxylation is 2. The van der Waals surface area contributed by atoms with Gasteiger partial charge in [0.1, 0.15) is 10.7 Å². The van der Waals surface area contributed by atoms with Crippen molar-refractivity contribution >= 4 is 28.9 Å². The first-order valence-corrected chi connectivity index (χ1v) is 10.3. The van der Waals surface area contributed by atoms with Crippen molar-refractivity contribution in [3.63, 3.8) is 0 Å². The van der Waals surface area contributed by atoms with Crippen LogP contribution in [-0.2, 0) is 22.4 Å². The molecule has 3 rings (SSSR count). The molecule has 6 heteroatoms. The normalized spacial score (nSPS) is 10.6. The number of halogens is 1. The average molecular weight is 411 g/mol. The highest BCUT2D eigenvalue weighted by Crippen LogP contribution is 2.28. The lowest BCUT2D eigenvalue weighted by Crippen LogP contribution is -2.22. The third kappa shape index (κ3) is 5.09. The Morgan fingerprint density at radius 1 is 0.966 bits per heavy atom. The van der Waals surface area contributed by atoms with E-state index in [9.17, 15) is 14.0 Å². The second-order valence-corrected chi connectivity index (χ2v) is 7.54. The Morgan fingerprint density at radius 3 is 2.24 bits per heavy atom. The van der Waals surface area contributed by atoms with Crippen molar-refractivity contribution in [1.82, 2.24) is 0 Å². The maximum atomic E-state index is 13.1. The first kappa shape index (κ1) is 20.7. The summed E-state index contributed by atoms with van der Waals surface area (Å²) in [7, 11) is 0. The number of hydrogen-bond donors (Lipinski definition) is 1. The molecule has 0 saturated heterocycles. The molecule has 0 aliphatic heterocycles. The lowest BCUT2D eigenvalue weighted by atomic mass is 10.0. The Hall–Kier alpha value is -2.99. The van der Waals surface area contributed by atoms with E-state index in [0.717, 1.165) is 40.1 Å². The number of thiophene rings is 1. The van der Waals surface area contributed by atoms with Crippen molar-refractivity contribution in [3.05, 3.63) is 76.4 Å². The molecule has 0 atom stereocenters. The number of hydrogen-bond acceptors (Lipinski definition) is 4. The topological polar surface area (TPSA) is 55.4 Å². The van der Waals surface area contributed by atoms with Gasteiger partial charge in [0, 0.05) is 10.6 Å². The number of carbonyl (C=O) groups is 2. The van der Waals surface area contributed by atoms with Gasteiger partial charge in [0.05, 0.1) is 0 Å². The van der Waals surface area contributed by atoms with Crippen LogP contribution < -0.4 is 5.32 Å². The fourth-order valence-electron chi connectivity index (χ4n) is 3.00. The molecule has 150 valence electrons. The van der Waals surface area contributed by atoms with E-state index in [0.29, 0.717) is 4.88 Å². The Balaban J connectivity index is 1.61. The second kappa shape index (κ2) is 9.47. The third-order valence-electron chi connectivity index (χ3n) is 4.53. The number of benzene rings is 2. The molecule has 4 nitrogen and oxygen atoms in total. The van der Waals surface area contributed by atoms with E-state index in [1.165, 1.54) is 23.5 Å². The van der Waals surface area contributed by atoms with Crippen LogP contribution in [0.5, 0.6) is 0 Å². The summed E-state index contributed by atoms with van der Waals surface area (Å²) in [5, 5.41) is 2.88. The van der Waals surface area contributed by atoms with E-state index in [2.05, 4.69) is 5.32 Å². The lowest BCUT2D eigenvalue weighted by molar-refractivity contribution is -0.119. The summed E-state index contributed by atoms with van der Waals surface area (Å²) in [6.07, 6.45) is 1.59. The molecular formula is C23H22FNO3S. The van der Waals surface area contributed by atoms with Crippen LogP contribution in [0, 0.1) is 5.82 Å². The molecule has 0 aliphatic carbocycles. The van der Waals surface area contributed by atoms with Gasteiger partial charge in [0.2, 0.25) is 0 Å². The van der Waals surface area contributed by atoms with E-state index >= 15 is 0 Å². The molecule has 1 aromatic heterocycles. The molecular weight excluding hydrogens is 389 g/mol. The minimum Gasteiger partial charge on any atom is -0.451 e. The minimum absolute atomic E-state index is 0.313. The highest BCUT2D eigenvalue weighted by atomic mass is 32.1. The number of esters is 1. The minimum atomic E-state index is -0.557. The van der Waals surface area contributed by atoms with Crippen LogP contribution in [-0.4, -0.2) is 18.5 Å². The predicted octanol–water partition coefficient (Wildman–Crippen LogP) is 5.47. The number of carbonyl (C=O) groups excluding carboxylic acids is 2. The van der Waals surface area contributed by atoms with Gasteiger partial charge in [-0.2, -0.15) is 0 Å². The summed E-state index contributed by atoms with van der Waals surface area (Å²) in [5.74, 6) is -1.24. The number of para-hydroxylation sites is 1. The summed E-state index contributed by atoms with van der Waals surface area (Å²) in [4.78, 5) is 25.8. The summed E-state index contributed by atoms with van der Waals surface area (Å²) in [6, 6.07) is 15.4. The van der Waals surface area contributed by atoms with Crippen molar-refractivity contribution < 1.29 is 18.7 Å². The number of nitrogens with one attached hydrogen (secondary N) is 1. The summed E-state index contributed by atoms with van der Waals surface area (Å²) in [6.45, 7) is 3.70. The number of amides is 1. The zero-order chi connectivity index (χ0) is 20.8. The standard InChI is InChI=1S/C23H22FNO3S/c1-3-15-6-5-7-16(4-2)22(15)25-21(26)14-28-23(27)20-13-12-19(29-20)17-8-10-18(24)11-9-17/h5-13H,3-4,14H2,1-2H3,(H,25,26). The van der Waals surface area contributed by atoms with Crippen LogP contribution in [0.2, 0.25) is 0 Å². The van der Waals surface area contributed by atoms with Crippen molar-refractivity contribution in [2.45, 2.75) is 26.7 Å². The lowest BCUT2D eigenvalue weighted by Gasteiger charge is -2.14. The zero-order valence-electron chi connectivity index (χ0n) is 16.3. The van der Waals surface area contributed by atoms with Crippen LogP contribution in [0.25, 0.3) is 10.4 Å². The van der Waals surface area contributed by atoms with Crippen LogP contribution >= 0.6 is 11.3 Å². The fourth-order valence-corrected chi connectivity index (χ4v) is 3.90. The van der Waals surface area contributed by atoms with Gasteiger partial charge >= 0.3 is 5.97 Å². The molecule has 1 amide bonds. The summed E-state index contributed by atoms with van der Waals surface area (Å²) < 4.78 is 18.2. The van der Waals surface area contributed by atoms with Gasteiger partial charge in [-0.05, 0) is 53.8 Å². The summed E-state index contributed by atoms with van der Waals surface area (Å²) >= 11 is 1.24. The maximum Gasteiger partial charge on any atom is 0.348 e. The van der Waals surface area contributed by atoms with Crippen molar-refractivity contribution in [2.24, 2.45) is 0 Å². The van der Waals surface area contributed by atoms with Crippen LogP contribution in [0.4, 0.5) is 10.1 Å². The summed E-state index contributed by atoms with van der Waals surface area (Å²) in [5.41, 5.74) is 3.71. The van der Waals surface area contributed by atoms with Crippen LogP contribution in [0.3, 0.4) is 0 Å². The highest BCUT2D eigenvalue weighted by Gasteiger charge is 2.15. The molecule has 0 unspecified atom stereocenters. The van der Waals surface area contributed by atoms with E-state index in [1.54, 1.807) is 24.3 Å². The molecule has 0 saturated carbocycles. The average Bonchev–Trinajstić information content (AvgIpc) is 3.23. The fraction of sp³-hybridized carbons (Fsp3) is 0.217. The highest BCUT2D eigenvalue weighted by molar-refractivity contribution is 7.17. The van der Waals surface area contributed by atoms with Gasteiger partial charge in [-0.1, -0.05) is 44.2 Å². The maximum absolute atomic E-state index is 13.1. The molecule has 0 radical (unpaired) electrons. The van der Waals surface area contributed by atoms with Gasteiger partial charge in [-0.25, -0.2) is 9.18 Å². The Labute approximate surface area is 173 Å². The van der Waals surface area contributed by atoms with E-state index in [-0.39, 0.29) is 18.3 Å². The van der Waals surface area contributed by atoms with E-state index < -0.39 is 5.97 Å². The predicted molar refractivity (Wildman–Crippen MR) is 114 cm³/mol. The third-order valence-corrected chi connectivity index (χ3v) is 5.65. The van der Waals surface area contributed by atoms with Crippen molar-refractivity contribution in [2.75, 3.05) is 11.9 Å². The molecule has 0 bridgehead atoms. The van der Waals surface area contributed by atoms with Gasteiger partial charge in [-0.3, -0.25) is 4.79 Å². The van der Waals surface area contributed by atoms with Gasteiger partial charge in [0.15, 0.2) is 6.61 Å². The van der Waals surface area contributed by atoms with Crippen molar-refractivity contribution in [3.8, 4) is 10.4 Å². The Kier molecular flexibility index (Phi) is 6.77. The van der Waals surface area contributed by atoms with Gasteiger partial charge in [-0.15, -0.1) is 11.3 Å². The SMILES string of the molecule is CCc1cccc(CC)c1NC(=O)COC(=O)c1ccc(-c2ccc(F)cc2)s1. The molecule has 0 aliphatic rings. The molecule has 1 heterocycles. The molecule has 3 aromatic rings. The number of anilines is 1. The largest absolute Gasteiger partial charge is 0.451 e. The quantitative estimate of drug-likeness (QED) is 0.524. The first-order chi connectivity index (χ1) is 14.0. The smallest absolute Gasteiger partial charge is 0.348 e. The van der Waals surface area contributed by atoms with Crippen LogP contribution in [0.15, 0.2) is 54.6 Å². The number of rotatable bonds is 7. The molecule has 0 fully saturated rings. The Morgan fingerprint density at radius 2 is 1.62 bits per heavy atom. The van der Waals surface area contributed by atoms with E-state index in [4.69, 9.17) is 4.74 Å². The van der Waals surface area contributed by atoms with Crippen LogP contribution in [0.1, 0.15) is 34.6 Å². The Bertz CT molecular complexity index is 989. The first-order valence-electron chi connectivity index (χ1n) is 9.45. The van der Waals surface area contributed by atoms with Gasteiger partial charge < -0.3 is 10.1 Å². The number of ether oxygens (including phenoxy) is 1. The monoisotopic (exact) mass is 411 g/mol. The van der Waals surface area contributed by atoms with E-state index in [1.807, 2.05) is 32.0 Å².